The highest BCUT2D eigenvalue weighted by molar-refractivity contribution is 5.45. The van der Waals surface area contributed by atoms with Gasteiger partial charge in [0.2, 0.25) is 0 Å². The van der Waals surface area contributed by atoms with Crippen molar-refractivity contribution < 1.29 is 5.11 Å². The number of aryl methyl sites for hydroxylation is 1. The molecule has 96 valence electrons. The van der Waals surface area contributed by atoms with Crippen LogP contribution in [0.2, 0.25) is 0 Å². The first-order chi connectivity index (χ1) is 8.36. The van der Waals surface area contributed by atoms with Gasteiger partial charge in [0.05, 0.1) is 0 Å². The second kappa shape index (κ2) is 9.02. The fourth-order valence-electron chi connectivity index (χ4n) is 1.79. The van der Waals surface area contributed by atoms with Crippen molar-refractivity contribution in [2.45, 2.75) is 32.1 Å². The average Bonchev–Trinajstić information content (AvgIpc) is 2.37. The van der Waals surface area contributed by atoms with Crippen molar-refractivity contribution in [2.24, 2.45) is 5.73 Å². The summed E-state index contributed by atoms with van der Waals surface area (Å²) in [6.07, 6.45) is 5.18. The fourth-order valence-corrected chi connectivity index (χ4v) is 1.79. The lowest BCUT2D eigenvalue weighted by Crippen LogP contribution is -2.03. The van der Waals surface area contributed by atoms with E-state index in [0.29, 0.717) is 6.61 Å². The van der Waals surface area contributed by atoms with E-state index >= 15 is 0 Å². The van der Waals surface area contributed by atoms with Crippen LogP contribution in [0, 0.1) is 0 Å². The highest BCUT2D eigenvalue weighted by atomic mass is 16.2. The van der Waals surface area contributed by atoms with Gasteiger partial charge >= 0.3 is 0 Å². The van der Waals surface area contributed by atoms with Gasteiger partial charge in [-0.2, -0.15) is 0 Å². The highest BCUT2D eigenvalue weighted by Gasteiger charge is 1.95. The highest BCUT2D eigenvalue weighted by Crippen LogP contribution is 2.12. The number of unbranched alkanes of at least 4 members (excludes halogenated alkanes) is 2. The van der Waals surface area contributed by atoms with Crippen molar-refractivity contribution in [3.8, 4) is 0 Å². The van der Waals surface area contributed by atoms with Crippen LogP contribution in [0.15, 0.2) is 24.3 Å². The Hall–Kier alpha value is -1.06. The third kappa shape index (κ3) is 6.29. The third-order valence-electron chi connectivity index (χ3n) is 2.76. The molecule has 1 aromatic carbocycles. The van der Waals surface area contributed by atoms with Crippen molar-refractivity contribution in [3.05, 3.63) is 29.8 Å². The monoisotopic (exact) mass is 236 g/mol. The van der Waals surface area contributed by atoms with E-state index in [2.05, 4.69) is 29.6 Å². The van der Waals surface area contributed by atoms with Gasteiger partial charge in [-0.05, 0) is 56.3 Å². The molecule has 4 N–H and O–H groups in total. The molecule has 17 heavy (non-hydrogen) atoms. The molecule has 0 spiro atoms. The van der Waals surface area contributed by atoms with Crippen LogP contribution in [0.1, 0.15) is 31.2 Å². The lowest BCUT2D eigenvalue weighted by molar-refractivity contribution is 0.283. The molecule has 0 unspecified atom stereocenters. The molecular weight excluding hydrogens is 212 g/mol. The second-order valence-corrected chi connectivity index (χ2v) is 4.30. The largest absolute Gasteiger partial charge is 0.396 e. The predicted molar refractivity (Wildman–Crippen MR) is 73.2 cm³/mol. The van der Waals surface area contributed by atoms with Gasteiger partial charge in [0.15, 0.2) is 0 Å². The lowest BCUT2D eigenvalue weighted by atomic mass is 10.1. The van der Waals surface area contributed by atoms with Crippen molar-refractivity contribution in [2.75, 3.05) is 25.0 Å². The van der Waals surface area contributed by atoms with Gasteiger partial charge in [0, 0.05) is 18.8 Å². The maximum Gasteiger partial charge on any atom is 0.0431 e. The van der Waals surface area contributed by atoms with Crippen LogP contribution in [-0.2, 0) is 6.42 Å². The number of benzene rings is 1. The molecule has 0 aliphatic carbocycles. The Morgan fingerprint density at radius 3 is 2.76 bits per heavy atom. The van der Waals surface area contributed by atoms with E-state index in [1.165, 1.54) is 11.3 Å². The maximum absolute atomic E-state index is 8.67. The number of anilines is 1. The van der Waals surface area contributed by atoms with E-state index in [1.54, 1.807) is 0 Å². The number of hydrogen-bond acceptors (Lipinski definition) is 3. The van der Waals surface area contributed by atoms with Crippen LogP contribution >= 0.6 is 0 Å². The molecule has 3 nitrogen and oxygen atoms in total. The maximum atomic E-state index is 8.67. The van der Waals surface area contributed by atoms with E-state index in [1.807, 2.05) is 0 Å². The number of aliphatic hydroxyl groups is 1. The van der Waals surface area contributed by atoms with Gasteiger partial charge in [-0.3, -0.25) is 0 Å². The second-order valence-electron chi connectivity index (χ2n) is 4.30. The average molecular weight is 236 g/mol. The van der Waals surface area contributed by atoms with Gasteiger partial charge in [-0.1, -0.05) is 12.1 Å². The molecule has 0 radical (unpaired) electrons. The summed E-state index contributed by atoms with van der Waals surface area (Å²) in [5.41, 5.74) is 8.03. The quantitative estimate of drug-likeness (QED) is 0.576. The molecule has 0 amide bonds. The minimum absolute atomic E-state index is 0.300. The fraction of sp³-hybridized carbons (Fsp3) is 0.571. The minimum Gasteiger partial charge on any atom is -0.396 e. The predicted octanol–water partition coefficient (Wildman–Crippen LogP) is 2.15. The Kier molecular flexibility index (Phi) is 7.43. The number of aliphatic hydroxyl groups excluding tert-OH is 1. The molecule has 0 heterocycles. The first-order valence-corrected chi connectivity index (χ1v) is 6.50. The summed E-state index contributed by atoms with van der Waals surface area (Å²) in [7, 11) is 0. The smallest absolute Gasteiger partial charge is 0.0431 e. The zero-order chi connectivity index (χ0) is 12.3. The topological polar surface area (TPSA) is 58.3 Å². The summed E-state index contributed by atoms with van der Waals surface area (Å²) in [6, 6.07) is 8.52. The molecule has 1 aromatic rings. The zero-order valence-electron chi connectivity index (χ0n) is 10.5. The summed E-state index contributed by atoms with van der Waals surface area (Å²) in [5.74, 6) is 0. The summed E-state index contributed by atoms with van der Waals surface area (Å²) >= 11 is 0. The van der Waals surface area contributed by atoms with Crippen molar-refractivity contribution in [1.29, 1.82) is 0 Å². The summed E-state index contributed by atoms with van der Waals surface area (Å²) in [6.45, 7) is 2.02. The minimum atomic E-state index is 0.300. The molecule has 0 bridgehead atoms. The van der Waals surface area contributed by atoms with Gasteiger partial charge < -0.3 is 16.2 Å². The van der Waals surface area contributed by atoms with Crippen LogP contribution < -0.4 is 11.1 Å². The Morgan fingerprint density at radius 2 is 2.00 bits per heavy atom. The van der Waals surface area contributed by atoms with Crippen LogP contribution in [0.5, 0.6) is 0 Å². The number of hydrogen-bond donors (Lipinski definition) is 3. The normalized spacial score (nSPS) is 10.5. The van der Waals surface area contributed by atoms with Crippen molar-refractivity contribution in [3.63, 3.8) is 0 Å². The Labute approximate surface area is 104 Å². The number of rotatable bonds is 9. The van der Waals surface area contributed by atoms with Gasteiger partial charge in [-0.15, -0.1) is 0 Å². The Morgan fingerprint density at radius 1 is 1.12 bits per heavy atom. The van der Waals surface area contributed by atoms with E-state index < -0.39 is 0 Å². The van der Waals surface area contributed by atoms with Gasteiger partial charge in [0.1, 0.15) is 0 Å². The van der Waals surface area contributed by atoms with E-state index in [4.69, 9.17) is 10.8 Å². The molecule has 0 atom stereocenters. The molecule has 0 aliphatic rings. The standard InChI is InChI=1S/C14H24N2O/c15-9-5-7-13-6-4-8-14(12-13)16-10-2-1-3-11-17/h4,6,8,12,16-17H,1-3,5,7,9-11,15H2. The molecule has 3 heteroatoms. The molecule has 0 saturated carbocycles. The van der Waals surface area contributed by atoms with E-state index in [0.717, 1.165) is 45.2 Å². The first-order valence-electron chi connectivity index (χ1n) is 6.50. The number of nitrogens with two attached hydrogens (primary N) is 1. The lowest BCUT2D eigenvalue weighted by Gasteiger charge is -2.08. The van der Waals surface area contributed by atoms with E-state index in [-0.39, 0.29) is 0 Å². The van der Waals surface area contributed by atoms with Crippen LogP contribution in [-0.4, -0.2) is 24.8 Å². The van der Waals surface area contributed by atoms with Crippen LogP contribution in [0.25, 0.3) is 0 Å². The van der Waals surface area contributed by atoms with E-state index in [9.17, 15) is 0 Å². The van der Waals surface area contributed by atoms with Gasteiger partial charge in [0.25, 0.3) is 0 Å². The molecule has 0 saturated heterocycles. The van der Waals surface area contributed by atoms with Crippen LogP contribution in [0.3, 0.4) is 0 Å². The molecule has 0 aliphatic heterocycles. The summed E-state index contributed by atoms with van der Waals surface area (Å²) < 4.78 is 0. The van der Waals surface area contributed by atoms with Crippen molar-refractivity contribution in [1.82, 2.24) is 0 Å². The molecular formula is C14H24N2O. The van der Waals surface area contributed by atoms with Crippen LogP contribution in [0.4, 0.5) is 5.69 Å². The Bertz CT molecular complexity index is 302. The Balaban J connectivity index is 2.27. The SMILES string of the molecule is NCCCc1cccc(NCCCCCO)c1. The van der Waals surface area contributed by atoms with Crippen molar-refractivity contribution >= 4 is 5.69 Å². The summed E-state index contributed by atoms with van der Waals surface area (Å²) in [5, 5.41) is 12.1. The molecule has 1 rings (SSSR count). The third-order valence-corrected chi connectivity index (χ3v) is 2.76. The summed E-state index contributed by atoms with van der Waals surface area (Å²) in [4.78, 5) is 0. The van der Waals surface area contributed by atoms with Gasteiger partial charge in [-0.25, -0.2) is 0 Å². The number of nitrogens with one attached hydrogen (secondary N) is 1. The zero-order valence-corrected chi connectivity index (χ0v) is 10.5. The first kappa shape index (κ1) is 14.0. The molecule has 0 aromatic heterocycles. The molecule has 0 fully saturated rings.